The van der Waals surface area contributed by atoms with Crippen molar-refractivity contribution in [3.63, 3.8) is 0 Å². The minimum atomic E-state index is -0.673. The standard InChI is InChI=1S/C25H32ClN3O3S/c1-16(2)12-29(13-18(30)15-32-19-10-8-17(26)9-11-19)14-22-27-24(31)23-20-6-4-3-5-7-21(20)33-25(23)28-22/h8-11,16,18,30H,3-7,12-15H2,1-2H3,(H,27,28,31). The third-order valence-corrected chi connectivity index (χ3v) is 7.28. The van der Waals surface area contributed by atoms with Gasteiger partial charge in [-0.15, -0.1) is 11.3 Å². The van der Waals surface area contributed by atoms with Gasteiger partial charge < -0.3 is 14.8 Å². The Morgan fingerprint density at radius 2 is 1.94 bits per heavy atom. The van der Waals surface area contributed by atoms with E-state index in [1.807, 2.05) is 0 Å². The van der Waals surface area contributed by atoms with Crippen LogP contribution in [0.4, 0.5) is 0 Å². The van der Waals surface area contributed by atoms with Crippen molar-refractivity contribution >= 4 is 33.2 Å². The van der Waals surface area contributed by atoms with E-state index in [0.29, 0.717) is 35.6 Å². The van der Waals surface area contributed by atoms with Crippen LogP contribution in [-0.2, 0) is 19.4 Å². The van der Waals surface area contributed by atoms with Gasteiger partial charge in [-0.05, 0) is 61.4 Å². The average Bonchev–Trinajstić information content (AvgIpc) is 2.94. The molecule has 0 saturated carbocycles. The molecule has 0 aliphatic heterocycles. The lowest BCUT2D eigenvalue weighted by Gasteiger charge is -2.26. The molecule has 1 aliphatic carbocycles. The number of rotatable bonds is 9. The van der Waals surface area contributed by atoms with Crippen LogP contribution < -0.4 is 10.3 Å². The molecule has 2 N–H and O–H groups in total. The number of aliphatic hydroxyl groups is 1. The zero-order valence-electron chi connectivity index (χ0n) is 19.3. The summed E-state index contributed by atoms with van der Waals surface area (Å²) in [7, 11) is 0. The van der Waals surface area contributed by atoms with Crippen LogP contribution in [0, 0.1) is 5.92 Å². The van der Waals surface area contributed by atoms with Crippen molar-refractivity contribution in [2.24, 2.45) is 5.92 Å². The van der Waals surface area contributed by atoms with Gasteiger partial charge in [-0.3, -0.25) is 9.69 Å². The number of hydrogen-bond acceptors (Lipinski definition) is 6. The summed E-state index contributed by atoms with van der Waals surface area (Å²) in [6.07, 6.45) is 4.89. The van der Waals surface area contributed by atoms with E-state index in [0.717, 1.165) is 36.0 Å². The van der Waals surface area contributed by atoms with Gasteiger partial charge in [0.2, 0.25) is 0 Å². The molecule has 178 valence electrons. The van der Waals surface area contributed by atoms with Crippen molar-refractivity contribution < 1.29 is 9.84 Å². The Labute approximate surface area is 203 Å². The summed E-state index contributed by atoms with van der Waals surface area (Å²) in [5.74, 6) is 1.72. The number of halogens is 1. The predicted octanol–water partition coefficient (Wildman–Crippen LogP) is 4.80. The first-order valence-corrected chi connectivity index (χ1v) is 12.9. The van der Waals surface area contributed by atoms with Gasteiger partial charge in [0.15, 0.2) is 0 Å². The molecule has 3 aromatic rings. The Hall–Kier alpha value is -1.93. The summed E-state index contributed by atoms with van der Waals surface area (Å²) in [5, 5.41) is 12.0. The average molecular weight is 490 g/mol. The van der Waals surface area contributed by atoms with Gasteiger partial charge in [-0.25, -0.2) is 4.98 Å². The number of aromatic nitrogens is 2. The molecule has 8 heteroatoms. The quantitative estimate of drug-likeness (QED) is 0.422. The second-order valence-corrected chi connectivity index (χ2v) is 10.8. The molecule has 0 amide bonds. The maximum atomic E-state index is 13.0. The highest BCUT2D eigenvalue weighted by Crippen LogP contribution is 2.32. The fourth-order valence-corrected chi connectivity index (χ4v) is 5.87. The highest BCUT2D eigenvalue weighted by molar-refractivity contribution is 7.18. The van der Waals surface area contributed by atoms with Crippen molar-refractivity contribution in [2.75, 3.05) is 19.7 Å². The van der Waals surface area contributed by atoms with Gasteiger partial charge in [0.05, 0.1) is 11.9 Å². The van der Waals surface area contributed by atoms with E-state index >= 15 is 0 Å². The van der Waals surface area contributed by atoms with Crippen LogP contribution in [0.3, 0.4) is 0 Å². The highest BCUT2D eigenvalue weighted by atomic mass is 35.5. The Bertz CT molecular complexity index is 1130. The van der Waals surface area contributed by atoms with E-state index < -0.39 is 6.10 Å². The summed E-state index contributed by atoms with van der Waals surface area (Å²) in [6, 6.07) is 7.09. The molecule has 2 heterocycles. The van der Waals surface area contributed by atoms with Crippen molar-refractivity contribution in [3.8, 4) is 5.75 Å². The Kier molecular flexibility index (Phi) is 8.07. The van der Waals surface area contributed by atoms with Gasteiger partial charge in [-0.1, -0.05) is 31.9 Å². The summed E-state index contributed by atoms with van der Waals surface area (Å²) in [5.41, 5.74) is 1.17. The van der Waals surface area contributed by atoms with Gasteiger partial charge in [0.25, 0.3) is 5.56 Å². The smallest absolute Gasteiger partial charge is 0.259 e. The number of fused-ring (bicyclic) bond motifs is 3. The van der Waals surface area contributed by atoms with Crippen LogP contribution in [0.2, 0.25) is 5.02 Å². The first kappa shape index (κ1) is 24.2. The second kappa shape index (κ2) is 11.0. The molecule has 1 atom stereocenters. The number of nitrogens with one attached hydrogen (secondary N) is 1. The molecule has 1 aromatic carbocycles. The summed E-state index contributed by atoms with van der Waals surface area (Å²) < 4.78 is 5.71. The predicted molar refractivity (Wildman–Crippen MR) is 135 cm³/mol. The van der Waals surface area contributed by atoms with Crippen LogP contribution in [0.1, 0.15) is 49.4 Å². The molecule has 0 spiro atoms. The first-order valence-electron chi connectivity index (χ1n) is 11.7. The molecule has 0 bridgehead atoms. The Morgan fingerprint density at radius 3 is 2.70 bits per heavy atom. The summed E-state index contributed by atoms with van der Waals surface area (Å²) >= 11 is 7.59. The maximum Gasteiger partial charge on any atom is 0.259 e. The van der Waals surface area contributed by atoms with Gasteiger partial charge in [0.1, 0.15) is 29.1 Å². The fourth-order valence-electron chi connectivity index (χ4n) is 4.47. The lowest BCUT2D eigenvalue weighted by Crippen LogP contribution is -2.38. The van der Waals surface area contributed by atoms with Gasteiger partial charge in [-0.2, -0.15) is 0 Å². The number of ether oxygens (including phenoxy) is 1. The molecular formula is C25H32ClN3O3S. The molecule has 0 saturated heterocycles. The molecule has 2 aromatic heterocycles. The molecular weight excluding hydrogens is 458 g/mol. The second-order valence-electron chi connectivity index (χ2n) is 9.26. The number of aryl methyl sites for hydroxylation is 2. The molecule has 4 rings (SSSR count). The van der Waals surface area contributed by atoms with Gasteiger partial charge in [0, 0.05) is 23.0 Å². The Balaban J connectivity index is 1.46. The lowest BCUT2D eigenvalue weighted by atomic mass is 10.1. The number of thiophene rings is 1. The van der Waals surface area contributed by atoms with E-state index in [-0.39, 0.29) is 12.2 Å². The van der Waals surface area contributed by atoms with Crippen molar-refractivity contribution in [2.45, 2.75) is 58.6 Å². The zero-order chi connectivity index (χ0) is 23.4. The van der Waals surface area contributed by atoms with E-state index in [4.69, 9.17) is 21.3 Å². The molecule has 33 heavy (non-hydrogen) atoms. The monoisotopic (exact) mass is 489 g/mol. The third-order valence-electron chi connectivity index (χ3n) is 5.85. The minimum absolute atomic E-state index is 0.0366. The number of nitrogens with zero attached hydrogens (tertiary/aromatic N) is 2. The van der Waals surface area contributed by atoms with Crippen LogP contribution >= 0.6 is 22.9 Å². The van der Waals surface area contributed by atoms with E-state index in [1.165, 1.54) is 23.3 Å². The van der Waals surface area contributed by atoms with Crippen molar-refractivity contribution in [1.82, 2.24) is 14.9 Å². The normalized spacial score (nSPS) is 15.1. The molecule has 0 radical (unpaired) electrons. The number of benzene rings is 1. The minimum Gasteiger partial charge on any atom is -0.491 e. The van der Waals surface area contributed by atoms with Crippen LogP contribution in [0.5, 0.6) is 5.75 Å². The van der Waals surface area contributed by atoms with E-state index in [1.54, 1.807) is 35.6 Å². The lowest BCUT2D eigenvalue weighted by molar-refractivity contribution is 0.0606. The highest BCUT2D eigenvalue weighted by Gasteiger charge is 2.21. The SMILES string of the molecule is CC(C)CN(Cc1nc2sc3c(c2c(=O)[nH]1)CCCCC3)CC(O)COc1ccc(Cl)cc1. The number of hydrogen-bond donors (Lipinski definition) is 2. The summed E-state index contributed by atoms with van der Waals surface area (Å²) in [4.78, 5) is 25.1. The van der Waals surface area contributed by atoms with Crippen LogP contribution in [0.25, 0.3) is 10.2 Å². The zero-order valence-corrected chi connectivity index (χ0v) is 20.8. The first-order chi connectivity index (χ1) is 15.9. The van der Waals surface area contributed by atoms with Crippen molar-refractivity contribution in [3.05, 3.63) is 55.9 Å². The number of aliphatic hydroxyl groups excluding tert-OH is 1. The van der Waals surface area contributed by atoms with Crippen LogP contribution in [0.15, 0.2) is 29.1 Å². The number of aromatic amines is 1. The van der Waals surface area contributed by atoms with Gasteiger partial charge >= 0.3 is 0 Å². The molecule has 6 nitrogen and oxygen atoms in total. The fraction of sp³-hybridized carbons (Fsp3) is 0.520. The Morgan fingerprint density at radius 1 is 1.18 bits per heavy atom. The number of H-pyrrole nitrogens is 1. The summed E-state index contributed by atoms with van der Waals surface area (Å²) in [6.45, 7) is 6.13. The molecule has 1 unspecified atom stereocenters. The van der Waals surface area contributed by atoms with Crippen LogP contribution in [-0.4, -0.2) is 45.8 Å². The third kappa shape index (κ3) is 6.35. The molecule has 0 fully saturated rings. The maximum absolute atomic E-state index is 13.0. The topological polar surface area (TPSA) is 78.5 Å². The molecule has 1 aliphatic rings. The largest absolute Gasteiger partial charge is 0.491 e. The van der Waals surface area contributed by atoms with E-state index in [2.05, 4.69) is 23.7 Å². The van der Waals surface area contributed by atoms with Crippen molar-refractivity contribution in [1.29, 1.82) is 0 Å². The van der Waals surface area contributed by atoms with E-state index in [9.17, 15) is 9.90 Å².